The van der Waals surface area contributed by atoms with Crippen LogP contribution >= 0.6 is 15.9 Å². The summed E-state index contributed by atoms with van der Waals surface area (Å²) < 4.78 is 5.50. The number of rotatable bonds is 2. The number of carbonyl (C=O) groups is 1. The lowest BCUT2D eigenvalue weighted by atomic mass is 10.0. The highest BCUT2D eigenvalue weighted by Crippen LogP contribution is 2.26. The third-order valence-corrected chi connectivity index (χ3v) is 3.45. The van der Waals surface area contributed by atoms with E-state index in [2.05, 4.69) is 28.1 Å². The molecule has 0 unspecified atom stereocenters. The molecule has 2 rings (SSSR count). The van der Waals surface area contributed by atoms with Gasteiger partial charge in [0.2, 0.25) is 0 Å². The van der Waals surface area contributed by atoms with Gasteiger partial charge in [0.25, 0.3) is 0 Å². The normalized spacial score (nSPS) is 10.2. The van der Waals surface area contributed by atoms with E-state index in [4.69, 9.17) is 4.74 Å². The van der Waals surface area contributed by atoms with Gasteiger partial charge >= 0.3 is 5.97 Å². The minimum Gasteiger partial charge on any atom is -0.465 e. The molecule has 0 aliphatic heterocycles. The van der Waals surface area contributed by atoms with Gasteiger partial charge in [-0.1, -0.05) is 35.9 Å². The summed E-state index contributed by atoms with van der Waals surface area (Å²) in [6, 6.07) is 13.9. The van der Waals surface area contributed by atoms with Crippen molar-refractivity contribution in [3.05, 3.63) is 58.1 Å². The second kappa shape index (κ2) is 5.36. The van der Waals surface area contributed by atoms with Crippen LogP contribution < -0.4 is 0 Å². The van der Waals surface area contributed by atoms with E-state index in [-0.39, 0.29) is 5.97 Å². The maximum absolute atomic E-state index is 11.6. The van der Waals surface area contributed by atoms with Crippen LogP contribution in [0.3, 0.4) is 0 Å². The molecule has 2 nitrogen and oxygen atoms in total. The zero-order chi connectivity index (χ0) is 13.1. The van der Waals surface area contributed by atoms with E-state index >= 15 is 0 Å². The second-order valence-electron chi connectivity index (χ2n) is 4.05. The van der Waals surface area contributed by atoms with Crippen molar-refractivity contribution in [3.63, 3.8) is 0 Å². The molecule has 92 valence electrons. The van der Waals surface area contributed by atoms with Crippen LogP contribution in [0.1, 0.15) is 15.9 Å². The quantitative estimate of drug-likeness (QED) is 0.777. The average Bonchev–Trinajstić information content (AvgIpc) is 2.39. The van der Waals surface area contributed by atoms with Crippen molar-refractivity contribution in [1.29, 1.82) is 0 Å². The first kappa shape index (κ1) is 12.8. The Hall–Kier alpha value is -1.61. The molecule has 3 heteroatoms. The molecule has 0 N–H and O–H groups in total. The number of methoxy groups -OCH3 is 1. The third-order valence-electron chi connectivity index (χ3n) is 2.76. The zero-order valence-electron chi connectivity index (χ0n) is 10.2. The Balaban J connectivity index is 2.46. The lowest BCUT2D eigenvalue weighted by molar-refractivity contribution is 0.0600. The van der Waals surface area contributed by atoms with Crippen molar-refractivity contribution in [2.75, 3.05) is 7.11 Å². The molecule has 2 aromatic rings. The van der Waals surface area contributed by atoms with Crippen molar-refractivity contribution in [2.45, 2.75) is 6.92 Å². The van der Waals surface area contributed by atoms with Gasteiger partial charge in [-0.3, -0.25) is 0 Å². The Labute approximate surface area is 115 Å². The maximum atomic E-state index is 11.6. The first-order valence-corrected chi connectivity index (χ1v) is 6.36. The van der Waals surface area contributed by atoms with Gasteiger partial charge in [-0.15, -0.1) is 0 Å². The molecule has 0 spiro atoms. The predicted molar refractivity (Wildman–Crippen MR) is 75.7 cm³/mol. The minimum atomic E-state index is -0.337. The van der Waals surface area contributed by atoms with E-state index in [1.165, 1.54) is 12.7 Å². The lowest BCUT2D eigenvalue weighted by Gasteiger charge is -2.07. The topological polar surface area (TPSA) is 26.3 Å². The number of hydrogen-bond donors (Lipinski definition) is 0. The molecular formula is C15H13BrO2. The number of aryl methyl sites for hydroxylation is 1. The molecule has 0 fully saturated rings. The second-order valence-corrected chi connectivity index (χ2v) is 4.91. The molecule has 0 saturated heterocycles. The van der Waals surface area contributed by atoms with Crippen molar-refractivity contribution in [1.82, 2.24) is 0 Å². The molecule has 0 amide bonds. The Morgan fingerprint density at radius 2 is 1.67 bits per heavy atom. The molecule has 0 aromatic heterocycles. The summed E-state index contributed by atoms with van der Waals surface area (Å²) in [4.78, 5) is 11.6. The highest BCUT2D eigenvalue weighted by molar-refractivity contribution is 9.10. The molecular weight excluding hydrogens is 292 g/mol. The van der Waals surface area contributed by atoms with Crippen molar-refractivity contribution in [3.8, 4) is 11.1 Å². The number of hydrogen-bond acceptors (Lipinski definition) is 2. The van der Waals surface area contributed by atoms with Crippen LogP contribution in [-0.4, -0.2) is 13.1 Å². The first-order valence-electron chi connectivity index (χ1n) is 5.56. The van der Waals surface area contributed by atoms with Gasteiger partial charge in [0.1, 0.15) is 0 Å². The van der Waals surface area contributed by atoms with Crippen LogP contribution in [0.15, 0.2) is 46.9 Å². The van der Waals surface area contributed by atoms with Crippen LogP contribution in [0, 0.1) is 6.92 Å². The molecule has 0 saturated carbocycles. The average molecular weight is 305 g/mol. The summed E-state index contributed by atoms with van der Waals surface area (Å²) in [5.74, 6) is -0.337. The predicted octanol–water partition coefficient (Wildman–Crippen LogP) is 4.21. The van der Waals surface area contributed by atoms with Crippen molar-refractivity contribution >= 4 is 21.9 Å². The SMILES string of the molecule is COC(=O)c1cc(-c2ccc(C)cc2)ccc1Br. The maximum Gasteiger partial charge on any atom is 0.339 e. The summed E-state index contributed by atoms with van der Waals surface area (Å²) in [7, 11) is 1.38. The minimum absolute atomic E-state index is 0.337. The van der Waals surface area contributed by atoms with E-state index < -0.39 is 0 Å². The van der Waals surface area contributed by atoms with Gasteiger partial charge in [-0.2, -0.15) is 0 Å². The number of ether oxygens (including phenoxy) is 1. The Kier molecular flexibility index (Phi) is 3.82. The molecule has 2 aromatic carbocycles. The largest absolute Gasteiger partial charge is 0.465 e. The Morgan fingerprint density at radius 1 is 1.06 bits per heavy atom. The van der Waals surface area contributed by atoms with E-state index in [9.17, 15) is 4.79 Å². The summed E-state index contributed by atoms with van der Waals surface area (Å²) in [5, 5.41) is 0. The fourth-order valence-corrected chi connectivity index (χ4v) is 2.13. The van der Waals surface area contributed by atoms with Crippen molar-refractivity contribution < 1.29 is 9.53 Å². The molecule has 0 aliphatic rings. The highest BCUT2D eigenvalue weighted by atomic mass is 79.9. The van der Waals surface area contributed by atoms with Crippen molar-refractivity contribution in [2.24, 2.45) is 0 Å². The third kappa shape index (κ3) is 2.62. The Morgan fingerprint density at radius 3 is 2.28 bits per heavy atom. The summed E-state index contributed by atoms with van der Waals surface area (Å²) >= 11 is 3.36. The van der Waals surface area contributed by atoms with Gasteiger partial charge in [0, 0.05) is 4.47 Å². The molecule has 0 heterocycles. The highest BCUT2D eigenvalue weighted by Gasteiger charge is 2.11. The van der Waals surface area contributed by atoms with Crippen LogP contribution in [-0.2, 0) is 4.74 Å². The first-order chi connectivity index (χ1) is 8.61. The zero-order valence-corrected chi connectivity index (χ0v) is 11.8. The van der Waals surface area contributed by atoms with Gasteiger partial charge < -0.3 is 4.74 Å². The van der Waals surface area contributed by atoms with Crippen LogP contribution in [0.5, 0.6) is 0 Å². The van der Waals surface area contributed by atoms with Gasteiger partial charge in [-0.05, 0) is 46.1 Å². The van der Waals surface area contributed by atoms with Crippen LogP contribution in [0.4, 0.5) is 0 Å². The molecule has 0 aliphatic carbocycles. The summed E-state index contributed by atoms with van der Waals surface area (Å²) in [5.41, 5.74) is 3.83. The molecule has 0 bridgehead atoms. The molecule has 0 atom stereocenters. The van der Waals surface area contributed by atoms with E-state index in [0.29, 0.717) is 5.56 Å². The lowest BCUT2D eigenvalue weighted by Crippen LogP contribution is -2.02. The van der Waals surface area contributed by atoms with Gasteiger partial charge in [-0.25, -0.2) is 4.79 Å². The van der Waals surface area contributed by atoms with E-state index in [1.54, 1.807) is 0 Å². The summed E-state index contributed by atoms with van der Waals surface area (Å²) in [6.07, 6.45) is 0. The fraction of sp³-hybridized carbons (Fsp3) is 0.133. The number of benzene rings is 2. The van der Waals surface area contributed by atoms with E-state index in [1.807, 2.05) is 37.3 Å². The van der Waals surface area contributed by atoms with Crippen LogP contribution in [0.25, 0.3) is 11.1 Å². The monoisotopic (exact) mass is 304 g/mol. The van der Waals surface area contributed by atoms with E-state index in [0.717, 1.165) is 15.6 Å². The fourth-order valence-electron chi connectivity index (χ4n) is 1.72. The number of esters is 1. The Bertz CT molecular complexity index is 574. The number of halogens is 1. The smallest absolute Gasteiger partial charge is 0.339 e. The molecule has 0 radical (unpaired) electrons. The molecule has 18 heavy (non-hydrogen) atoms. The van der Waals surface area contributed by atoms with Crippen LogP contribution in [0.2, 0.25) is 0 Å². The van der Waals surface area contributed by atoms with Gasteiger partial charge in [0.15, 0.2) is 0 Å². The summed E-state index contributed by atoms with van der Waals surface area (Å²) in [6.45, 7) is 2.05. The number of carbonyl (C=O) groups excluding carboxylic acids is 1. The standard InChI is InChI=1S/C15H13BrO2/c1-10-3-5-11(6-4-10)12-7-8-14(16)13(9-12)15(17)18-2/h3-9H,1-2H3. The van der Waals surface area contributed by atoms with Gasteiger partial charge in [0.05, 0.1) is 12.7 Å².